The van der Waals surface area contributed by atoms with Gasteiger partial charge in [-0.05, 0) is 42.2 Å². The summed E-state index contributed by atoms with van der Waals surface area (Å²) < 4.78 is 76.5. The third-order valence-corrected chi connectivity index (χ3v) is 8.37. The zero-order valence-electron chi connectivity index (χ0n) is 21.1. The number of alkyl halides is 3. The fourth-order valence-electron chi connectivity index (χ4n) is 4.48. The zero-order chi connectivity index (χ0) is 28.0. The number of benzene rings is 1. The summed E-state index contributed by atoms with van der Waals surface area (Å²) in [6.07, 6.45) is -3.82. The van der Waals surface area contributed by atoms with E-state index in [4.69, 9.17) is 0 Å². The number of carbonyl (C=O) groups excluding carboxylic acids is 1. The molecule has 1 aromatic carbocycles. The highest BCUT2D eigenvalue weighted by Gasteiger charge is 2.37. The monoisotopic (exact) mass is 570 g/mol. The molecule has 0 spiro atoms. The molecular formula is C25H26F4N4O3S2. The number of fused-ring (bicyclic) bond motifs is 1. The molecule has 3 heterocycles. The molecule has 1 aliphatic heterocycles. The van der Waals surface area contributed by atoms with Crippen LogP contribution < -0.4 is 5.32 Å². The first-order valence-electron chi connectivity index (χ1n) is 11.7. The van der Waals surface area contributed by atoms with Gasteiger partial charge in [0.15, 0.2) is 15.0 Å². The molecule has 1 aliphatic rings. The Morgan fingerprint density at radius 3 is 2.45 bits per heavy atom. The van der Waals surface area contributed by atoms with E-state index in [9.17, 15) is 30.8 Å². The number of rotatable bonds is 7. The quantitative estimate of drug-likeness (QED) is 0.388. The molecule has 38 heavy (non-hydrogen) atoms. The summed E-state index contributed by atoms with van der Waals surface area (Å²) in [5.41, 5.74) is 0.937. The molecule has 0 saturated carbocycles. The van der Waals surface area contributed by atoms with E-state index in [2.05, 4.69) is 20.2 Å². The van der Waals surface area contributed by atoms with Crippen LogP contribution >= 0.6 is 11.3 Å². The van der Waals surface area contributed by atoms with Crippen molar-refractivity contribution in [1.29, 1.82) is 0 Å². The average molecular weight is 571 g/mol. The van der Waals surface area contributed by atoms with E-state index in [1.807, 2.05) is 13.8 Å². The average Bonchev–Trinajstić information content (AvgIpc) is 3.31. The highest BCUT2D eigenvalue weighted by Crippen LogP contribution is 2.43. The third kappa shape index (κ3) is 6.05. The molecule has 2 aromatic heterocycles. The molecule has 0 aliphatic carbocycles. The molecule has 4 rings (SSSR count). The Morgan fingerprint density at radius 2 is 1.87 bits per heavy atom. The molecule has 0 bridgehead atoms. The van der Waals surface area contributed by atoms with Crippen molar-refractivity contribution in [1.82, 2.24) is 14.9 Å². The maximum atomic E-state index is 14.4. The number of thiazole rings is 1. The first-order valence-corrected chi connectivity index (χ1v) is 14.4. The van der Waals surface area contributed by atoms with Gasteiger partial charge in [-0.25, -0.2) is 22.8 Å². The van der Waals surface area contributed by atoms with E-state index in [0.29, 0.717) is 29.5 Å². The lowest BCUT2D eigenvalue weighted by Gasteiger charge is -2.28. The number of sulfone groups is 1. The predicted octanol–water partition coefficient (Wildman–Crippen LogP) is 5.30. The molecule has 1 amide bonds. The van der Waals surface area contributed by atoms with Crippen LogP contribution in [0.3, 0.4) is 0 Å². The van der Waals surface area contributed by atoms with Crippen molar-refractivity contribution < 1.29 is 30.8 Å². The van der Waals surface area contributed by atoms with Crippen molar-refractivity contribution >= 4 is 32.2 Å². The summed E-state index contributed by atoms with van der Waals surface area (Å²) in [6.45, 7) is 6.50. The number of hydrogen-bond donors (Lipinski definition) is 1. The van der Waals surface area contributed by atoms with Crippen molar-refractivity contribution in [2.75, 3.05) is 11.6 Å². The van der Waals surface area contributed by atoms with Crippen molar-refractivity contribution in [3.63, 3.8) is 0 Å². The molecule has 1 atom stereocenters. The minimum absolute atomic E-state index is 0.0609. The first-order chi connectivity index (χ1) is 17.6. The molecule has 0 unspecified atom stereocenters. The second-order valence-corrected chi connectivity index (χ2v) is 12.7. The minimum atomic E-state index is -4.50. The molecule has 13 heteroatoms. The van der Waals surface area contributed by atoms with Crippen LogP contribution in [0.4, 0.5) is 22.7 Å². The smallest absolute Gasteiger partial charge is 0.302 e. The van der Waals surface area contributed by atoms with Gasteiger partial charge in [0.05, 0.1) is 23.1 Å². The van der Waals surface area contributed by atoms with Crippen LogP contribution in [0.5, 0.6) is 0 Å². The van der Waals surface area contributed by atoms with E-state index in [-0.39, 0.29) is 28.8 Å². The Labute approximate surface area is 221 Å². The van der Waals surface area contributed by atoms with Crippen molar-refractivity contribution in [2.45, 2.75) is 57.4 Å². The summed E-state index contributed by atoms with van der Waals surface area (Å²) in [5, 5.41) is 3.06. The van der Waals surface area contributed by atoms with Crippen LogP contribution in [0.1, 0.15) is 53.0 Å². The summed E-state index contributed by atoms with van der Waals surface area (Å²) in [6, 6.07) is 5.75. The normalized spacial score (nSPS) is 16.2. The van der Waals surface area contributed by atoms with Gasteiger partial charge in [-0.1, -0.05) is 26.0 Å². The fraction of sp³-hybridized carbons (Fsp3) is 0.400. The molecule has 1 N–H and O–H groups in total. The lowest BCUT2D eigenvalue weighted by molar-refractivity contribution is -0.141. The highest BCUT2D eigenvalue weighted by molar-refractivity contribution is 7.90. The number of amides is 1. The van der Waals surface area contributed by atoms with Crippen molar-refractivity contribution in [2.24, 2.45) is 5.92 Å². The molecule has 204 valence electrons. The molecular weight excluding hydrogens is 544 g/mol. The number of carbonyl (C=O) groups is 1. The summed E-state index contributed by atoms with van der Waals surface area (Å²) >= 11 is 1.29. The molecule has 0 fully saturated rings. The van der Waals surface area contributed by atoms with Crippen LogP contribution in [-0.2, 0) is 40.3 Å². The Balaban J connectivity index is 1.46. The topological polar surface area (TPSA) is 92.3 Å². The van der Waals surface area contributed by atoms with Gasteiger partial charge < -0.3 is 5.32 Å². The standard InChI is InChI=1S/C25H26F4N4O3S2/c1-13(2)23-22-19(12-33(23)11-16-6-8-20(25(27,28)29)30-14(16)3)37-24(32-22)31-21(34)9-15-5-7-17(10-18(15)26)38(4,35)36/h5-8,10,13,23H,9,11-12H2,1-4H3,(H,31,32,34)/t23-/m0/s1. The van der Waals surface area contributed by atoms with Crippen LogP contribution in [0.25, 0.3) is 0 Å². The van der Waals surface area contributed by atoms with Gasteiger partial charge in [0.1, 0.15) is 11.5 Å². The van der Waals surface area contributed by atoms with Crippen molar-refractivity contribution in [3.05, 3.63) is 69.2 Å². The second-order valence-electron chi connectivity index (χ2n) is 9.61. The van der Waals surface area contributed by atoms with Crippen molar-refractivity contribution in [3.8, 4) is 0 Å². The Hall–Kier alpha value is -2.90. The summed E-state index contributed by atoms with van der Waals surface area (Å²) in [5.74, 6) is -1.15. The maximum Gasteiger partial charge on any atom is 0.433 e. The lowest BCUT2D eigenvalue weighted by Crippen LogP contribution is -2.27. The lowest BCUT2D eigenvalue weighted by atomic mass is 10.0. The first kappa shape index (κ1) is 28.1. The van der Waals surface area contributed by atoms with Crippen LogP contribution in [0.2, 0.25) is 0 Å². The van der Waals surface area contributed by atoms with E-state index < -0.39 is 33.4 Å². The number of hydrogen-bond acceptors (Lipinski definition) is 7. The van der Waals surface area contributed by atoms with Crippen LogP contribution in [0, 0.1) is 18.7 Å². The number of aryl methyl sites for hydroxylation is 1. The van der Waals surface area contributed by atoms with Gasteiger partial charge >= 0.3 is 6.18 Å². The van der Waals surface area contributed by atoms with E-state index in [0.717, 1.165) is 29.0 Å². The van der Waals surface area contributed by atoms with E-state index in [1.165, 1.54) is 29.5 Å². The predicted molar refractivity (Wildman–Crippen MR) is 135 cm³/mol. The van der Waals surface area contributed by atoms with Gasteiger partial charge in [0.25, 0.3) is 0 Å². The molecule has 0 radical (unpaired) electrons. The van der Waals surface area contributed by atoms with E-state index in [1.54, 1.807) is 6.92 Å². The van der Waals surface area contributed by atoms with Gasteiger partial charge in [-0.3, -0.25) is 9.69 Å². The Morgan fingerprint density at radius 1 is 1.18 bits per heavy atom. The number of pyridine rings is 1. The minimum Gasteiger partial charge on any atom is -0.302 e. The van der Waals surface area contributed by atoms with Gasteiger partial charge in [-0.2, -0.15) is 13.2 Å². The third-order valence-electron chi connectivity index (χ3n) is 6.29. The molecule has 3 aromatic rings. The van der Waals surface area contributed by atoms with Crippen LogP contribution in [-0.4, -0.2) is 35.4 Å². The molecule has 0 saturated heterocycles. The highest BCUT2D eigenvalue weighted by atomic mass is 32.2. The number of nitrogens with zero attached hydrogens (tertiary/aromatic N) is 3. The fourth-order valence-corrected chi connectivity index (χ4v) is 6.16. The summed E-state index contributed by atoms with van der Waals surface area (Å²) in [7, 11) is -3.57. The van der Waals surface area contributed by atoms with E-state index >= 15 is 0 Å². The van der Waals surface area contributed by atoms with Gasteiger partial charge in [0, 0.05) is 29.9 Å². The van der Waals surface area contributed by atoms with Gasteiger partial charge in [-0.15, -0.1) is 11.3 Å². The SMILES string of the molecule is Cc1nc(C(F)(F)F)ccc1CN1Cc2sc(NC(=O)Cc3ccc(S(C)(=O)=O)cc3F)nc2[C@@H]1C(C)C. The largest absolute Gasteiger partial charge is 0.433 e. The number of anilines is 1. The molecule has 7 nitrogen and oxygen atoms in total. The zero-order valence-corrected chi connectivity index (χ0v) is 22.7. The van der Waals surface area contributed by atoms with Crippen LogP contribution in [0.15, 0.2) is 35.2 Å². The number of aromatic nitrogens is 2. The van der Waals surface area contributed by atoms with Gasteiger partial charge in [0.2, 0.25) is 5.91 Å². The summed E-state index contributed by atoms with van der Waals surface area (Å²) in [4.78, 5) is 23.8. The second kappa shape index (κ2) is 10.3. The number of halogens is 4. The Bertz CT molecular complexity index is 1490. The maximum absolute atomic E-state index is 14.4. The number of nitrogens with one attached hydrogen (secondary N) is 1. The Kier molecular flexibility index (Phi) is 7.65.